The highest BCUT2D eigenvalue weighted by molar-refractivity contribution is 5.95. The standard InChI is InChI=1S/C15H22FN3/c1-19(9-11-4-2-3-5-11)10-12-6-13(15(17)18)8-14(16)7-12/h6-8,11H,2-5,9-10H2,1H3,(H3,17,18). The van der Waals surface area contributed by atoms with Crippen LogP contribution in [-0.2, 0) is 6.54 Å². The van der Waals surface area contributed by atoms with Crippen LogP contribution in [0.25, 0.3) is 0 Å². The second-order valence-corrected chi connectivity index (χ2v) is 5.61. The molecule has 0 amide bonds. The molecule has 0 spiro atoms. The third kappa shape index (κ3) is 4.03. The summed E-state index contributed by atoms with van der Waals surface area (Å²) in [5, 5.41) is 7.39. The van der Waals surface area contributed by atoms with E-state index in [9.17, 15) is 4.39 Å². The molecular weight excluding hydrogens is 241 g/mol. The summed E-state index contributed by atoms with van der Waals surface area (Å²) in [5.74, 6) is 0.377. The lowest BCUT2D eigenvalue weighted by Gasteiger charge is -2.21. The summed E-state index contributed by atoms with van der Waals surface area (Å²) in [5.41, 5.74) is 6.76. The molecule has 2 rings (SSSR count). The molecule has 3 N–H and O–H groups in total. The van der Waals surface area contributed by atoms with Gasteiger partial charge in [-0.3, -0.25) is 5.41 Å². The second-order valence-electron chi connectivity index (χ2n) is 5.61. The van der Waals surface area contributed by atoms with Crippen molar-refractivity contribution in [2.24, 2.45) is 11.7 Å². The van der Waals surface area contributed by atoms with Gasteiger partial charge in [-0.15, -0.1) is 0 Å². The van der Waals surface area contributed by atoms with Gasteiger partial charge >= 0.3 is 0 Å². The van der Waals surface area contributed by atoms with Crippen molar-refractivity contribution < 1.29 is 4.39 Å². The summed E-state index contributed by atoms with van der Waals surface area (Å²) < 4.78 is 13.5. The number of nitrogens with two attached hydrogens (primary N) is 1. The average Bonchev–Trinajstić information content (AvgIpc) is 2.80. The molecule has 0 aliphatic heterocycles. The highest BCUT2D eigenvalue weighted by Gasteiger charge is 2.17. The van der Waals surface area contributed by atoms with Crippen LogP contribution in [0.1, 0.15) is 36.8 Å². The number of rotatable bonds is 5. The SMILES string of the molecule is CN(Cc1cc(F)cc(C(=N)N)c1)CC1CCCC1. The molecule has 1 aromatic carbocycles. The minimum absolute atomic E-state index is 0.0841. The Morgan fingerprint density at radius 2 is 2.05 bits per heavy atom. The fraction of sp³-hybridized carbons (Fsp3) is 0.533. The molecule has 19 heavy (non-hydrogen) atoms. The van der Waals surface area contributed by atoms with E-state index in [0.29, 0.717) is 12.1 Å². The van der Waals surface area contributed by atoms with Crippen molar-refractivity contribution in [2.45, 2.75) is 32.2 Å². The smallest absolute Gasteiger partial charge is 0.124 e. The molecule has 104 valence electrons. The highest BCUT2D eigenvalue weighted by atomic mass is 19.1. The molecule has 0 bridgehead atoms. The minimum atomic E-state index is -0.322. The molecule has 1 aliphatic rings. The molecule has 3 nitrogen and oxygen atoms in total. The van der Waals surface area contributed by atoms with Crippen molar-refractivity contribution in [1.82, 2.24) is 4.90 Å². The van der Waals surface area contributed by atoms with Crippen LogP contribution in [0.2, 0.25) is 0 Å². The van der Waals surface area contributed by atoms with Crippen LogP contribution in [0.4, 0.5) is 4.39 Å². The molecule has 0 radical (unpaired) electrons. The zero-order valence-electron chi connectivity index (χ0n) is 11.5. The highest BCUT2D eigenvalue weighted by Crippen LogP contribution is 2.25. The molecule has 1 aromatic rings. The van der Waals surface area contributed by atoms with Crippen molar-refractivity contribution >= 4 is 5.84 Å². The molecule has 1 aliphatic carbocycles. The third-order valence-corrected chi connectivity index (χ3v) is 3.77. The van der Waals surface area contributed by atoms with Crippen molar-refractivity contribution in [3.8, 4) is 0 Å². The van der Waals surface area contributed by atoms with E-state index < -0.39 is 0 Å². The number of nitrogen functional groups attached to an aromatic ring is 1. The van der Waals surface area contributed by atoms with Crippen molar-refractivity contribution in [2.75, 3.05) is 13.6 Å². The van der Waals surface area contributed by atoms with Crippen LogP contribution in [0.15, 0.2) is 18.2 Å². The van der Waals surface area contributed by atoms with E-state index in [1.54, 1.807) is 6.07 Å². The van der Waals surface area contributed by atoms with Gasteiger partial charge in [0.25, 0.3) is 0 Å². The Kier molecular flexibility index (Phi) is 4.53. The number of amidine groups is 1. The Bertz CT molecular complexity index is 453. The number of halogens is 1. The fourth-order valence-corrected chi connectivity index (χ4v) is 2.91. The number of nitrogens with one attached hydrogen (secondary N) is 1. The number of benzene rings is 1. The Morgan fingerprint density at radius 3 is 2.68 bits per heavy atom. The van der Waals surface area contributed by atoms with E-state index in [1.807, 2.05) is 0 Å². The van der Waals surface area contributed by atoms with Gasteiger partial charge in [0.05, 0.1) is 0 Å². The molecule has 0 saturated heterocycles. The first-order chi connectivity index (χ1) is 9.04. The van der Waals surface area contributed by atoms with Crippen LogP contribution in [-0.4, -0.2) is 24.3 Å². The molecular formula is C15H22FN3. The summed E-state index contributed by atoms with van der Waals surface area (Å²) in [7, 11) is 2.07. The third-order valence-electron chi connectivity index (χ3n) is 3.77. The molecule has 0 heterocycles. The predicted octanol–water partition coefficient (Wildman–Crippen LogP) is 2.73. The van der Waals surface area contributed by atoms with Gasteiger partial charge in [0.15, 0.2) is 0 Å². The quantitative estimate of drug-likeness (QED) is 0.634. The minimum Gasteiger partial charge on any atom is -0.384 e. The first-order valence-electron chi connectivity index (χ1n) is 6.87. The maximum absolute atomic E-state index is 13.5. The van der Waals surface area contributed by atoms with Gasteiger partial charge in [0.1, 0.15) is 11.7 Å². The van der Waals surface area contributed by atoms with E-state index >= 15 is 0 Å². The second kappa shape index (κ2) is 6.15. The molecule has 0 aromatic heterocycles. The van der Waals surface area contributed by atoms with Crippen LogP contribution in [0.3, 0.4) is 0 Å². The predicted molar refractivity (Wildman–Crippen MR) is 75.7 cm³/mol. The Labute approximate surface area is 114 Å². The Balaban J connectivity index is 1.99. The van der Waals surface area contributed by atoms with E-state index in [-0.39, 0.29) is 11.7 Å². The van der Waals surface area contributed by atoms with Gasteiger partial charge in [0.2, 0.25) is 0 Å². The van der Waals surface area contributed by atoms with Gasteiger partial charge in [-0.1, -0.05) is 12.8 Å². The number of hydrogen-bond donors (Lipinski definition) is 2. The molecule has 0 atom stereocenters. The van der Waals surface area contributed by atoms with Crippen molar-refractivity contribution in [3.63, 3.8) is 0 Å². The van der Waals surface area contributed by atoms with Gasteiger partial charge < -0.3 is 10.6 Å². The Morgan fingerprint density at radius 1 is 1.37 bits per heavy atom. The topological polar surface area (TPSA) is 53.1 Å². The lowest BCUT2D eigenvalue weighted by Crippen LogP contribution is -2.24. The summed E-state index contributed by atoms with van der Waals surface area (Å²) in [6, 6.07) is 4.64. The van der Waals surface area contributed by atoms with Gasteiger partial charge in [-0.2, -0.15) is 0 Å². The lowest BCUT2D eigenvalue weighted by atomic mass is 10.1. The number of hydrogen-bond acceptors (Lipinski definition) is 2. The largest absolute Gasteiger partial charge is 0.384 e. The van der Waals surface area contributed by atoms with Crippen molar-refractivity contribution in [1.29, 1.82) is 5.41 Å². The zero-order chi connectivity index (χ0) is 13.8. The molecule has 1 fully saturated rings. The maximum Gasteiger partial charge on any atom is 0.124 e. The lowest BCUT2D eigenvalue weighted by molar-refractivity contribution is 0.271. The van der Waals surface area contributed by atoms with Crippen LogP contribution < -0.4 is 5.73 Å². The normalized spacial score (nSPS) is 16.2. The first-order valence-corrected chi connectivity index (χ1v) is 6.87. The fourth-order valence-electron chi connectivity index (χ4n) is 2.91. The van der Waals surface area contributed by atoms with E-state index in [4.69, 9.17) is 11.1 Å². The average molecular weight is 263 g/mol. The monoisotopic (exact) mass is 263 g/mol. The number of nitrogens with zero attached hydrogens (tertiary/aromatic N) is 1. The van der Waals surface area contributed by atoms with Gasteiger partial charge in [-0.05, 0) is 49.6 Å². The van der Waals surface area contributed by atoms with Crippen molar-refractivity contribution in [3.05, 3.63) is 35.1 Å². The molecule has 0 unspecified atom stereocenters. The maximum atomic E-state index is 13.5. The summed E-state index contributed by atoms with van der Waals surface area (Å²) in [6.45, 7) is 1.76. The van der Waals surface area contributed by atoms with Crippen LogP contribution >= 0.6 is 0 Å². The zero-order valence-corrected chi connectivity index (χ0v) is 11.5. The van der Waals surface area contributed by atoms with Crippen LogP contribution in [0, 0.1) is 17.1 Å². The van der Waals surface area contributed by atoms with Gasteiger partial charge in [-0.25, -0.2) is 4.39 Å². The van der Waals surface area contributed by atoms with E-state index in [0.717, 1.165) is 18.0 Å². The van der Waals surface area contributed by atoms with E-state index in [1.165, 1.54) is 37.8 Å². The summed E-state index contributed by atoms with van der Waals surface area (Å²) in [6.07, 6.45) is 5.30. The summed E-state index contributed by atoms with van der Waals surface area (Å²) >= 11 is 0. The van der Waals surface area contributed by atoms with Crippen LogP contribution in [0.5, 0.6) is 0 Å². The first kappa shape index (κ1) is 14.0. The van der Waals surface area contributed by atoms with Gasteiger partial charge in [0, 0.05) is 18.7 Å². The molecule has 4 heteroatoms. The van der Waals surface area contributed by atoms with E-state index in [2.05, 4.69) is 11.9 Å². The molecule has 1 saturated carbocycles. The Hall–Kier alpha value is -1.42. The summed E-state index contributed by atoms with van der Waals surface area (Å²) in [4.78, 5) is 2.23.